The van der Waals surface area contributed by atoms with Crippen molar-refractivity contribution in [3.05, 3.63) is 139 Å². The van der Waals surface area contributed by atoms with Crippen LogP contribution in [0, 0.1) is 0 Å². The molecule has 0 aliphatic heterocycles. The molecule has 5 aromatic carbocycles. The molecule has 198 valence electrons. The van der Waals surface area contributed by atoms with E-state index in [1.54, 1.807) is 0 Å². The summed E-state index contributed by atoms with van der Waals surface area (Å²) >= 11 is 0. The molecule has 8 aromatic rings. The van der Waals surface area contributed by atoms with Crippen molar-refractivity contribution in [2.45, 2.75) is 19.3 Å². The molecule has 0 bridgehead atoms. The molecule has 3 heteroatoms. The van der Waals surface area contributed by atoms with Crippen molar-refractivity contribution in [2.24, 2.45) is 0 Å². The SMILES string of the molecule is CC1(C)c2ccccc2-c2cc3c4cnccc4n(-c4ccc(-c5c6ccccc6nc6ccccc56)cc4)c3cc21. The highest BCUT2D eigenvalue weighted by Crippen LogP contribution is 2.51. The number of rotatable bonds is 2. The van der Waals surface area contributed by atoms with E-state index in [0.29, 0.717) is 0 Å². The third kappa shape index (κ3) is 3.11. The smallest absolute Gasteiger partial charge is 0.0715 e. The van der Waals surface area contributed by atoms with Gasteiger partial charge in [0, 0.05) is 50.6 Å². The largest absolute Gasteiger partial charge is 0.309 e. The van der Waals surface area contributed by atoms with Gasteiger partial charge in [-0.15, -0.1) is 0 Å². The quantitative estimate of drug-likeness (QED) is 0.205. The number of para-hydroxylation sites is 2. The predicted octanol–water partition coefficient (Wildman–Crippen LogP) is 9.85. The minimum atomic E-state index is -0.0625. The van der Waals surface area contributed by atoms with Gasteiger partial charge in [-0.1, -0.05) is 86.6 Å². The minimum Gasteiger partial charge on any atom is -0.309 e. The fraction of sp³-hybridized carbons (Fsp3) is 0.0769. The Balaban J connectivity index is 1.28. The molecule has 1 aliphatic carbocycles. The molecule has 0 radical (unpaired) electrons. The van der Waals surface area contributed by atoms with Crippen LogP contribution >= 0.6 is 0 Å². The van der Waals surface area contributed by atoms with Crippen molar-refractivity contribution in [1.29, 1.82) is 0 Å². The first kappa shape index (κ1) is 23.4. The molecule has 42 heavy (non-hydrogen) atoms. The van der Waals surface area contributed by atoms with Crippen LogP contribution in [-0.2, 0) is 5.41 Å². The van der Waals surface area contributed by atoms with E-state index in [2.05, 4.69) is 139 Å². The van der Waals surface area contributed by atoms with Crippen LogP contribution in [0.25, 0.3) is 71.6 Å². The van der Waals surface area contributed by atoms with Crippen LogP contribution in [0.15, 0.2) is 128 Å². The molecule has 0 spiro atoms. The zero-order valence-corrected chi connectivity index (χ0v) is 23.5. The van der Waals surface area contributed by atoms with Crippen LogP contribution < -0.4 is 0 Å². The number of fused-ring (bicyclic) bond motifs is 8. The molecule has 0 atom stereocenters. The van der Waals surface area contributed by atoms with E-state index in [0.717, 1.165) is 16.7 Å². The zero-order valence-electron chi connectivity index (χ0n) is 23.5. The predicted molar refractivity (Wildman–Crippen MR) is 174 cm³/mol. The van der Waals surface area contributed by atoms with E-state index < -0.39 is 0 Å². The van der Waals surface area contributed by atoms with Gasteiger partial charge in [0.05, 0.1) is 22.1 Å². The molecule has 3 heterocycles. The molecular formula is C39H27N3. The average Bonchev–Trinajstić information content (AvgIpc) is 3.47. The third-order valence-corrected chi connectivity index (χ3v) is 9.27. The Kier molecular flexibility index (Phi) is 4.67. The fourth-order valence-electron chi connectivity index (χ4n) is 7.26. The molecule has 0 saturated carbocycles. The molecule has 0 fully saturated rings. The molecular weight excluding hydrogens is 510 g/mol. The van der Waals surface area contributed by atoms with Crippen LogP contribution in [0.1, 0.15) is 25.0 Å². The fourth-order valence-corrected chi connectivity index (χ4v) is 7.26. The molecule has 0 unspecified atom stereocenters. The van der Waals surface area contributed by atoms with Gasteiger partial charge < -0.3 is 4.57 Å². The van der Waals surface area contributed by atoms with E-state index in [1.165, 1.54) is 66.0 Å². The lowest BCUT2D eigenvalue weighted by atomic mass is 9.82. The van der Waals surface area contributed by atoms with Crippen LogP contribution in [0.2, 0.25) is 0 Å². The summed E-state index contributed by atoms with van der Waals surface area (Å²) in [6.07, 6.45) is 3.91. The number of pyridine rings is 2. The second-order valence-corrected chi connectivity index (χ2v) is 11.9. The van der Waals surface area contributed by atoms with Crippen molar-refractivity contribution < 1.29 is 0 Å². The zero-order chi connectivity index (χ0) is 28.0. The third-order valence-electron chi connectivity index (χ3n) is 9.27. The Bertz CT molecular complexity index is 2320. The molecule has 0 saturated heterocycles. The van der Waals surface area contributed by atoms with Gasteiger partial charge in [0.2, 0.25) is 0 Å². The maximum atomic E-state index is 4.94. The Morgan fingerprint density at radius 3 is 2.02 bits per heavy atom. The number of hydrogen-bond acceptors (Lipinski definition) is 2. The highest BCUT2D eigenvalue weighted by Gasteiger charge is 2.36. The average molecular weight is 538 g/mol. The van der Waals surface area contributed by atoms with Crippen molar-refractivity contribution >= 4 is 43.6 Å². The normalized spacial score (nSPS) is 13.7. The maximum absolute atomic E-state index is 4.94. The second-order valence-electron chi connectivity index (χ2n) is 11.9. The van der Waals surface area contributed by atoms with E-state index in [1.807, 2.05) is 12.4 Å². The highest BCUT2D eigenvalue weighted by atomic mass is 15.0. The first-order valence-corrected chi connectivity index (χ1v) is 14.5. The summed E-state index contributed by atoms with van der Waals surface area (Å²) in [5, 5.41) is 4.75. The van der Waals surface area contributed by atoms with Gasteiger partial charge >= 0.3 is 0 Å². The second kappa shape index (κ2) is 8.37. The van der Waals surface area contributed by atoms with E-state index >= 15 is 0 Å². The number of benzene rings is 5. The molecule has 1 aliphatic rings. The van der Waals surface area contributed by atoms with Gasteiger partial charge in [0.15, 0.2) is 0 Å². The molecule has 3 aromatic heterocycles. The van der Waals surface area contributed by atoms with Crippen LogP contribution in [-0.4, -0.2) is 14.5 Å². The van der Waals surface area contributed by atoms with E-state index in [-0.39, 0.29) is 5.41 Å². The number of aromatic nitrogens is 3. The molecule has 9 rings (SSSR count). The number of nitrogens with zero attached hydrogens (tertiary/aromatic N) is 3. The lowest BCUT2D eigenvalue weighted by Crippen LogP contribution is -2.14. The summed E-state index contributed by atoms with van der Waals surface area (Å²) in [7, 11) is 0. The lowest BCUT2D eigenvalue weighted by molar-refractivity contribution is 0.661. The first-order valence-electron chi connectivity index (χ1n) is 14.5. The van der Waals surface area contributed by atoms with Crippen molar-refractivity contribution in [1.82, 2.24) is 14.5 Å². The van der Waals surface area contributed by atoms with Gasteiger partial charge in [0.25, 0.3) is 0 Å². The first-order chi connectivity index (χ1) is 20.6. The summed E-state index contributed by atoms with van der Waals surface area (Å²) in [6.45, 7) is 4.69. The monoisotopic (exact) mass is 537 g/mol. The van der Waals surface area contributed by atoms with Crippen LogP contribution in [0.4, 0.5) is 0 Å². The lowest BCUT2D eigenvalue weighted by Gasteiger charge is -2.21. The summed E-state index contributed by atoms with van der Waals surface area (Å²) in [4.78, 5) is 9.46. The standard InChI is InChI=1S/C39H27N3/c1-39(2)32-12-6-3-9-26(32)29-21-30-31-23-40-20-19-36(31)42(37(30)22-33(29)39)25-17-15-24(16-18-25)38-27-10-4-7-13-34(27)41-35-14-8-5-11-28(35)38/h3-23H,1-2H3. The Morgan fingerprint density at radius 2 is 1.26 bits per heavy atom. The molecule has 0 amide bonds. The summed E-state index contributed by atoms with van der Waals surface area (Å²) in [5.41, 5.74) is 13.3. The Hall–Kier alpha value is -5.28. The van der Waals surface area contributed by atoms with Gasteiger partial charge in [0.1, 0.15) is 0 Å². The maximum Gasteiger partial charge on any atom is 0.0715 e. The summed E-state index contributed by atoms with van der Waals surface area (Å²) in [5.74, 6) is 0. The molecule has 0 N–H and O–H groups in total. The van der Waals surface area contributed by atoms with Crippen LogP contribution in [0.5, 0.6) is 0 Å². The summed E-state index contributed by atoms with van der Waals surface area (Å²) < 4.78 is 2.40. The van der Waals surface area contributed by atoms with Crippen molar-refractivity contribution in [3.63, 3.8) is 0 Å². The van der Waals surface area contributed by atoms with Gasteiger partial charge in [-0.05, 0) is 70.3 Å². The minimum absolute atomic E-state index is 0.0625. The van der Waals surface area contributed by atoms with Crippen molar-refractivity contribution in [3.8, 4) is 27.9 Å². The topological polar surface area (TPSA) is 30.7 Å². The summed E-state index contributed by atoms with van der Waals surface area (Å²) in [6, 6.07) is 41.7. The van der Waals surface area contributed by atoms with Gasteiger partial charge in [-0.25, -0.2) is 4.98 Å². The molecule has 3 nitrogen and oxygen atoms in total. The van der Waals surface area contributed by atoms with Crippen molar-refractivity contribution in [2.75, 3.05) is 0 Å². The Labute approximate surface area is 243 Å². The van der Waals surface area contributed by atoms with Gasteiger partial charge in [-0.3, -0.25) is 4.98 Å². The highest BCUT2D eigenvalue weighted by molar-refractivity contribution is 6.12. The Morgan fingerprint density at radius 1 is 0.571 bits per heavy atom. The van der Waals surface area contributed by atoms with E-state index in [4.69, 9.17) is 4.98 Å². The van der Waals surface area contributed by atoms with Gasteiger partial charge in [-0.2, -0.15) is 0 Å². The number of hydrogen-bond donors (Lipinski definition) is 0. The van der Waals surface area contributed by atoms with E-state index in [9.17, 15) is 0 Å². The van der Waals surface area contributed by atoms with Crippen LogP contribution in [0.3, 0.4) is 0 Å².